The molecule has 1 heteroatoms. The molecule has 1 aliphatic carbocycles. The van der Waals surface area contributed by atoms with Crippen molar-refractivity contribution in [1.29, 1.82) is 0 Å². The van der Waals surface area contributed by atoms with Crippen molar-refractivity contribution in [2.24, 2.45) is 5.92 Å². The molecule has 0 saturated heterocycles. The molecule has 1 nitrogen and oxygen atoms in total. The first-order chi connectivity index (χ1) is 15.8. The Bertz CT molecular complexity index is 855. The predicted molar refractivity (Wildman–Crippen MR) is 137 cm³/mol. The molecule has 0 aromatic heterocycles. The van der Waals surface area contributed by atoms with Gasteiger partial charge in [-0.1, -0.05) is 75.3 Å². The normalized spacial score (nSPS) is 18.3. The summed E-state index contributed by atoms with van der Waals surface area (Å²) in [7, 11) is 0. The van der Waals surface area contributed by atoms with Crippen molar-refractivity contribution in [3.63, 3.8) is 0 Å². The molecule has 1 aliphatic rings. The summed E-state index contributed by atoms with van der Waals surface area (Å²) in [5.41, 5.74) is 3.99. The van der Waals surface area contributed by atoms with Gasteiger partial charge in [-0.05, 0) is 98.2 Å². The molecule has 0 radical (unpaired) electrons. The third kappa shape index (κ3) is 8.23. The van der Waals surface area contributed by atoms with Crippen LogP contribution < -0.4 is 4.74 Å². The van der Waals surface area contributed by atoms with Crippen molar-refractivity contribution in [2.45, 2.75) is 84.0 Å². The Hall–Kier alpha value is -2.46. The molecular weight excluding hydrogens is 388 g/mol. The number of unbranched alkanes of at least 4 members (excludes halogenated alkanes) is 3. The van der Waals surface area contributed by atoms with Crippen molar-refractivity contribution in [3.8, 4) is 17.6 Å². The molecule has 0 heterocycles. The number of hydrogen-bond acceptors (Lipinski definition) is 1. The van der Waals surface area contributed by atoms with Gasteiger partial charge < -0.3 is 4.74 Å². The molecular formula is C31H40O. The maximum Gasteiger partial charge on any atom is 0.119 e. The zero-order valence-electron chi connectivity index (χ0n) is 20.1. The van der Waals surface area contributed by atoms with Gasteiger partial charge in [-0.15, -0.1) is 0 Å². The molecule has 1 fully saturated rings. The van der Waals surface area contributed by atoms with E-state index in [0.29, 0.717) is 11.8 Å². The average Bonchev–Trinajstić information content (AvgIpc) is 2.85. The molecule has 0 bridgehead atoms. The summed E-state index contributed by atoms with van der Waals surface area (Å²) in [4.78, 5) is 0. The second-order valence-corrected chi connectivity index (χ2v) is 9.17. The van der Waals surface area contributed by atoms with Gasteiger partial charge in [0.2, 0.25) is 0 Å². The van der Waals surface area contributed by atoms with E-state index in [1.165, 1.54) is 68.9 Å². The Morgan fingerprint density at radius 3 is 2.25 bits per heavy atom. The van der Waals surface area contributed by atoms with Crippen LogP contribution in [0.4, 0.5) is 0 Å². The van der Waals surface area contributed by atoms with E-state index < -0.39 is 0 Å². The fraction of sp³-hybridized carbons (Fsp3) is 0.484. The highest BCUT2D eigenvalue weighted by molar-refractivity contribution is 5.38. The summed E-state index contributed by atoms with van der Waals surface area (Å²) in [5.74, 6) is 8.88. The van der Waals surface area contributed by atoms with Crippen LogP contribution >= 0.6 is 0 Å². The van der Waals surface area contributed by atoms with Crippen LogP contribution in [0, 0.1) is 17.8 Å². The highest BCUT2D eigenvalue weighted by Gasteiger charge is 2.20. The monoisotopic (exact) mass is 428 g/mol. The maximum absolute atomic E-state index is 5.85. The second-order valence-electron chi connectivity index (χ2n) is 9.17. The molecule has 2 aromatic rings. The zero-order chi connectivity index (χ0) is 22.4. The first-order valence-corrected chi connectivity index (χ1v) is 12.8. The first-order valence-electron chi connectivity index (χ1n) is 12.8. The lowest BCUT2D eigenvalue weighted by Crippen LogP contribution is -2.11. The molecule has 0 aliphatic heterocycles. The Morgan fingerprint density at radius 1 is 0.844 bits per heavy atom. The number of rotatable bonds is 10. The third-order valence-electron chi connectivity index (χ3n) is 6.58. The number of ether oxygens (including phenoxy) is 1. The van der Waals surface area contributed by atoms with Gasteiger partial charge in [0, 0.05) is 5.56 Å². The molecule has 2 aromatic carbocycles. The van der Waals surface area contributed by atoms with Crippen LogP contribution in [0.3, 0.4) is 0 Å². The Kier molecular flexibility index (Phi) is 10.5. The van der Waals surface area contributed by atoms with Crippen LogP contribution in [0.1, 0.15) is 94.2 Å². The topological polar surface area (TPSA) is 9.23 Å². The summed E-state index contributed by atoms with van der Waals surface area (Å²) >= 11 is 0. The van der Waals surface area contributed by atoms with Crippen LogP contribution in [0.25, 0.3) is 0 Å². The highest BCUT2D eigenvalue weighted by Crippen LogP contribution is 2.36. The fourth-order valence-corrected chi connectivity index (χ4v) is 4.47. The zero-order valence-corrected chi connectivity index (χ0v) is 20.1. The van der Waals surface area contributed by atoms with Crippen molar-refractivity contribution < 1.29 is 4.74 Å². The number of aryl methyl sites for hydroxylation is 1. The molecule has 32 heavy (non-hydrogen) atoms. The van der Waals surface area contributed by atoms with Gasteiger partial charge in [0.1, 0.15) is 5.75 Å². The maximum atomic E-state index is 5.85. The van der Waals surface area contributed by atoms with Crippen LogP contribution in [-0.2, 0) is 6.42 Å². The molecule has 0 unspecified atom stereocenters. The lowest BCUT2D eigenvalue weighted by Gasteiger charge is -2.27. The van der Waals surface area contributed by atoms with E-state index in [4.69, 9.17) is 4.74 Å². The highest BCUT2D eigenvalue weighted by atomic mass is 16.5. The Morgan fingerprint density at radius 2 is 1.56 bits per heavy atom. The summed E-state index contributed by atoms with van der Waals surface area (Å²) in [6.07, 6.45) is 16.7. The summed E-state index contributed by atoms with van der Waals surface area (Å²) in [5, 5.41) is 0. The van der Waals surface area contributed by atoms with E-state index in [2.05, 4.69) is 86.4 Å². The quantitative estimate of drug-likeness (QED) is 0.272. The van der Waals surface area contributed by atoms with Crippen molar-refractivity contribution in [3.05, 3.63) is 77.4 Å². The van der Waals surface area contributed by atoms with Gasteiger partial charge in [0.05, 0.1) is 6.61 Å². The summed E-state index contributed by atoms with van der Waals surface area (Å²) in [6.45, 7) is 5.29. The van der Waals surface area contributed by atoms with E-state index >= 15 is 0 Å². The SMILES string of the molecule is CCCCCOc1ccc([C@H]2CC[C@H](C=CC#Cc3ccc(CCCC)cc3)CC2)cc1. The third-order valence-corrected chi connectivity index (χ3v) is 6.58. The molecule has 1 saturated carbocycles. The van der Waals surface area contributed by atoms with Crippen LogP contribution in [0.15, 0.2) is 60.7 Å². The predicted octanol–water partition coefficient (Wildman–Crippen LogP) is 8.48. The van der Waals surface area contributed by atoms with E-state index in [9.17, 15) is 0 Å². The molecule has 170 valence electrons. The minimum absolute atomic E-state index is 0.665. The number of benzene rings is 2. The Balaban J connectivity index is 1.40. The Labute approximate surface area is 196 Å². The van der Waals surface area contributed by atoms with E-state index in [0.717, 1.165) is 24.3 Å². The van der Waals surface area contributed by atoms with Crippen molar-refractivity contribution in [1.82, 2.24) is 0 Å². The van der Waals surface area contributed by atoms with Gasteiger partial charge in [0.25, 0.3) is 0 Å². The van der Waals surface area contributed by atoms with Crippen LogP contribution in [-0.4, -0.2) is 6.61 Å². The molecule has 0 spiro atoms. The van der Waals surface area contributed by atoms with E-state index in [1.54, 1.807) is 0 Å². The largest absolute Gasteiger partial charge is 0.494 e. The smallest absolute Gasteiger partial charge is 0.119 e. The van der Waals surface area contributed by atoms with Gasteiger partial charge in [-0.25, -0.2) is 0 Å². The van der Waals surface area contributed by atoms with Crippen LogP contribution in [0.2, 0.25) is 0 Å². The minimum Gasteiger partial charge on any atom is -0.494 e. The fourth-order valence-electron chi connectivity index (χ4n) is 4.47. The van der Waals surface area contributed by atoms with Gasteiger partial charge in [0.15, 0.2) is 0 Å². The molecule has 0 N–H and O–H groups in total. The standard InChI is InChI=1S/C31H40O/c1-3-5-9-25-32-31-23-21-30(22-24-31)29-19-17-28(18-20-29)12-8-7-11-27-15-13-26(14-16-27)10-6-4-2/h8,12-16,21-24,28-29H,3-6,9-10,17-20,25H2,1-2H3/t28-,29-. The lowest BCUT2D eigenvalue weighted by molar-refractivity contribution is 0.306. The van der Waals surface area contributed by atoms with Gasteiger partial charge >= 0.3 is 0 Å². The van der Waals surface area contributed by atoms with Crippen molar-refractivity contribution in [2.75, 3.05) is 6.61 Å². The van der Waals surface area contributed by atoms with Gasteiger partial charge in [-0.3, -0.25) is 0 Å². The molecule has 3 rings (SSSR count). The number of hydrogen-bond donors (Lipinski definition) is 0. The molecule has 0 amide bonds. The van der Waals surface area contributed by atoms with Crippen molar-refractivity contribution >= 4 is 0 Å². The summed E-state index contributed by atoms with van der Waals surface area (Å²) in [6, 6.07) is 17.6. The second kappa shape index (κ2) is 13.8. The minimum atomic E-state index is 0.665. The average molecular weight is 429 g/mol. The van der Waals surface area contributed by atoms with Crippen LogP contribution in [0.5, 0.6) is 5.75 Å². The molecule has 0 atom stereocenters. The lowest BCUT2D eigenvalue weighted by atomic mass is 9.78. The number of allylic oxidation sites excluding steroid dienone is 2. The van der Waals surface area contributed by atoms with Gasteiger partial charge in [-0.2, -0.15) is 0 Å². The van der Waals surface area contributed by atoms with E-state index in [-0.39, 0.29) is 0 Å². The first kappa shape index (κ1) is 24.2. The summed E-state index contributed by atoms with van der Waals surface area (Å²) < 4.78 is 5.85. The van der Waals surface area contributed by atoms with E-state index in [1.807, 2.05) is 0 Å².